The minimum absolute atomic E-state index is 0.000576. The van der Waals surface area contributed by atoms with Crippen LogP contribution in [0.2, 0.25) is 0 Å². The monoisotopic (exact) mass is 252 g/mol. The summed E-state index contributed by atoms with van der Waals surface area (Å²) in [6.07, 6.45) is 0.824. The van der Waals surface area contributed by atoms with Gasteiger partial charge in [0.05, 0.1) is 61.4 Å². The molecule has 2 unspecified atom stereocenters. The minimum atomic E-state index is -0.182. The van der Waals surface area contributed by atoms with Crippen molar-refractivity contribution in [2.45, 2.75) is 38.3 Å². The van der Waals surface area contributed by atoms with Gasteiger partial charge in [0.15, 0.2) is 0 Å². The molecule has 1 aromatic heterocycles. The van der Waals surface area contributed by atoms with E-state index in [0.29, 0.717) is 26.1 Å². The Morgan fingerprint density at radius 2 is 1.28 bits per heavy atom. The van der Waals surface area contributed by atoms with Gasteiger partial charge in [-0.1, -0.05) is 0 Å². The molecule has 3 rings (SSSR count). The number of aromatic nitrogens is 2. The van der Waals surface area contributed by atoms with Gasteiger partial charge in [-0.15, -0.1) is 0 Å². The molecule has 0 saturated carbocycles. The Morgan fingerprint density at radius 1 is 0.833 bits per heavy atom. The van der Waals surface area contributed by atoms with E-state index in [4.69, 9.17) is 19.7 Å². The van der Waals surface area contributed by atoms with Gasteiger partial charge in [0, 0.05) is 12.8 Å². The van der Waals surface area contributed by atoms with Crippen LogP contribution in [0, 0.1) is 0 Å². The maximum atomic E-state index is 9.11. The third-order valence-corrected chi connectivity index (χ3v) is 3.37. The van der Waals surface area contributed by atoms with Crippen LogP contribution < -0.4 is 0 Å². The van der Waals surface area contributed by atoms with Crippen LogP contribution in [0.15, 0.2) is 0 Å². The van der Waals surface area contributed by atoms with Crippen molar-refractivity contribution in [1.82, 2.24) is 9.97 Å². The van der Waals surface area contributed by atoms with Crippen molar-refractivity contribution in [2.24, 2.45) is 0 Å². The summed E-state index contributed by atoms with van der Waals surface area (Å²) in [4.78, 5) is 9.12. The van der Waals surface area contributed by atoms with Crippen molar-refractivity contribution < 1.29 is 19.7 Å². The van der Waals surface area contributed by atoms with E-state index in [1.54, 1.807) is 0 Å². The number of aliphatic hydroxyl groups is 2. The van der Waals surface area contributed by atoms with Crippen molar-refractivity contribution in [1.29, 1.82) is 0 Å². The number of nitrogens with zero attached hydrogens (tertiary/aromatic N) is 2. The van der Waals surface area contributed by atoms with Gasteiger partial charge in [0.1, 0.15) is 0 Å². The number of hydrogen-bond donors (Lipinski definition) is 2. The van der Waals surface area contributed by atoms with Gasteiger partial charge in [0.2, 0.25) is 0 Å². The molecule has 0 spiro atoms. The maximum absolute atomic E-state index is 9.11. The Bertz CT molecular complexity index is 415. The highest BCUT2D eigenvalue weighted by Gasteiger charge is 2.26. The summed E-state index contributed by atoms with van der Waals surface area (Å²) in [5.74, 6) is 0. The summed E-state index contributed by atoms with van der Waals surface area (Å²) in [7, 11) is 0. The number of ether oxygens (including phenoxy) is 2. The number of aliphatic hydroxyl groups excluding tert-OH is 2. The van der Waals surface area contributed by atoms with Crippen LogP contribution in [0.25, 0.3) is 0 Å². The highest BCUT2D eigenvalue weighted by Crippen LogP contribution is 2.23. The summed E-state index contributed by atoms with van der Waals surface area (Å²) >= 11 is 0. The van der Waals surface area contributed by atoms with E-state index in [1.165, 1.54) is 0 Å². The Morgan fingerprint density at radius 3 is 1.72 bits per heavy atom. The molecular formula is C12H16N2O4. The predicted octanol–water partition coefficient (Wildman–Crippen LogP) is -0.656. The molecule has 0 amide bonds. The van der Waals surface area contributed by atoms with Gasteiger partial charge in [-0.25, -0.2) is 4.98 Å². The fraction of sp³-hybridized carbons (Fsp3) is 0.667. The lowest BCUT2D eigenvalue weighted by Gasteiger charge is -2.27. The van der Waals surface area contributed by atoms with Crippen molar-refractivity contribution in [3.05, 3.63) is 22.8 Å². The first-order chi connectivity index (χ1) is 8.80. The zero-order chi connectivity index (χ0) is 12.5. The van der Waals surface area contributed by atoms with Crippen LogP contribution in [-0.2, 0) is 35.5 Å². The van der Waals surface area contributed by atoms with Gasteiger partial charge in [-0.2, -0.15) is 0 Å². The Kier molecular flexibility index (Phi) is 3.25. The van der Waals surface area contributed by atoms with Crippen molar-refractivity contribution in [2.75, 3.05) is 13.2 Å². The van der Waals surface area contributed by atoms with Crippen LogP contribution in [-0.4, -0.2) is 45.6 Å². The van der Waals surface area contributed by atoms with Crippen molar-refractivity contribution in [3.63, 3.8) is 0 Å². The van der Waals surface area contributed by atoms with Crippen LogP contribution in [0.5, 0.6) is 0 Å². The van der Waals surface area contributed by atoms with Crippen LogP contribution in [0.1, 0.15) is 22.8 Å². The Balaban J connectivity index is 1.89. The molecule has 2 N–H and O–H groups in total. The summed E-state index contributed by atoms with van der Waals surface area (Å²) in [6.45, 7) is 0.787. The lowest BCUT2D eigenvalue weighted by Crippen LogP contribution is -2.32. The predicted molar refractivity (Wildman–Crippen MR) is 60.8 cm³/mol. The average molecular weight is 252 g/mol. The molecule has 0 bridgehead atoms. The van der Waals surface area contributed by atoms with Crippen molar-refractivity contribution >= 4 is 0 Å². The molecule has 2 aliphatic heterocycles. The first-order valence-corrected chi connectivity index (χ1v) is 6.12. The Labute approximate surface area is 105 Å². The van der Waals surface area contributed by atoms with E-state index in [-0.39, 0.29) is 25.4 Å². The topological polar surface area (TPSA) is 84.7 Å². The van der Waals surface area contributed by atoms with Gasteiger partial charge in [0.25, 0.3) is 0 Å². The summed E-state index contributed by atoms with van der Waals surface area (Å²) in [5, 5.41) is 18.2. The molecule has 1 aromatic rings. The highest BCUT2D eigenvalue weighted by atomic mass is 16.5. The van der Waals surface area contributed by atoms with E-state index in [9.17, 15) is 0 Å². The van der Waals surface area contributed by atoms with Gasteiger partial charge in [-0.3, -0.25) is 4.98 Å². The van der Waals surface area contributed by atoms with Crippen molar-refractivity contribution in [3.8, 4) is 0 Å². The summed E-state index contributed by atoms with van der Waals surface area (Å²) < 4.78 is 10.9. The summed E-state index contributed by atoms with van der Waals surface area (Å²) in [5.41, 5.74) is 3.48. The lowest BCUT2D eigenvalue weighted by atomic mass is 10.1. The minimum Gasteiger partial charge on any atom is -0.394 e. The van der Waals surface area contributed by atoms with Crippen LogP contribution >= 0.6 is 0 Å². The molecule has 0 aromatic carbocycles. The molecule has 2 atom stereocenters. The van der Waals surface area contributed by atoms with Gasteiger partial charge >= 0.3 is 0 Å². The van der Waals surface area contributed by atoms with E-state index in [1.807, 2.05) is 0 Å². The molecule has 0 radical (unpaired) electrons. The standard InChI is InChI=1S/C12H16N2O4/c15-3-7-1-9-11(5-17-7)14-12-6-18-8(4-16)2-10(12)13-9/h7-8,15-16H,1-6H2. The zero-order valence-corrected chi connectivity index (χ0v) is 10.0. The van der Waals surface area contributed by atoms with Crippen LogP contribution in [0.4, 0.5) is 0 Å². The molecule has 98 valence electrons. The molecular weight excluding hydrogens is 236 g/mol. The second kappa shape index (κ2) is 4.89. The first-order valence-electron chi connectivity index (χ1n) is 6.12. The quantitative estimate of drug-likeness (QED) is 0.727. The maximum Gasteiger partial charge on any atom is 0.0911 e. The zero-order valence-electron chi connectivity index (χ0n) is 10.0. The molecule has 3 heterocycles. The van der Waals surface area contributed by atoms with Crippen LogP contribution in [0.3, 0.4) is 0 Å². The molecule has 0 fully saturated rings. The molecule has 6 nitrogen and oxygen atoms in total. The fourth-order valence-corrected chi connectivity index (χ4v) is 2.32. The second-order valence-electron chi connectivity index (χ2n) is 4.65. The van der Waals surface area contributed by atoms with E-state index < -0.39 is 0 Å². The number of rotatable bonds is 2. The second-order valence-corrected chi connectivity index (χ2v) is 4.65. The van der Waals surface area contributed by atoms with Gasteiger partial charge in [-0.05, 0) is 0 Å². The third kappa shape index (κ3) is 2.12. The smallest absolute Gasteiger partial charge is 0.0911 e. The van der Waals surface area contributed by atoms with E-state index >= 15 is 0 Å². The largest absolute Gasteiger partial charge is 0.394 e. The molecule has 0 saturated heterocycles. The molecule has 18 heavy (non-hydrogen) atoms. The first kappa shape index (κ1) is 12.0. The van der Waals surface area contributed by atoms with E-state index in [2.05, 4.69) is 9.97 Å². The average Bonchev–Trinajstić information content (AvgIpc) is 2.43. The van der Waals surface area contributed by atoms with E-state index in [0.717, 1.165) is 22.8 Å². The number of fused-ring (bicyclic) bond motifs is 2. The fourth-order valence-electron chi connectivity index (χ4n) is 2.32. The number of hydrogen-bond acceptors (Lipinski definition) is 6. The normalized spacial score (nSPS) is 26.6. The highest BCUT2D eigenvalue weighted by molar-refractivity contribution is 5.23. The molecule has 2 aliphatic rings. The molecule has 0 aliphatic carbocycles. The lowest BCUT2D eigenvalue weighted by molar-refractivity contribution is -0.0177. The SMILES string of the molecule is OCC1Cc2nc3c(nc2CO1)COC(CO)C3. The molecule has 6 heteroatoms. The summed E-state index contributed by atoms with van der Waals surface area (Å²) in [6, 6.07) is 0. The Hall–Kier alpha value is -1.08. The third-order valence-electron chi connectivity index (χ3n) is 3.37. The van der Waals surface area contributed by atoms with Gasteiger partial charge < -0.3 is 19.7 Å².